The van der Waals surface area contributed by atoms with Crippen LogP contribution in [-0.4, -0.2) is 28.8 Å². The minimum absolute atomic E-state index is 0.0723. The molecule has 2 aromatic carbocycles. The first kappa shape index (κ1) is 21.0. The Labute approximate surface area is 177 Å². The van der Waals surface area contributed by atoms with Crippen LogP contribution in [0.15, 0.2) is 48.7 Å². The van der Waals surface area contributed by atoms with Crippen molar-refractivity contribution in [2.24, 2.45) is 0 Å². The lowest BCUT2D eigenvalue weighted by molar-refractivity contribution is -0.143. The second-order valence-corrected chi connectivity index (χ2v) is 7.54. The Kier molecular flexibility index (Phi) is 5.71. The summed E-state index contributed by atoms with van der Waals surface area (Å²) < 4.78 is 47.6. The smallest absolute Gasteiger partial charge is 0.434 e. The molecule has 4 rings (SSSR count). The Bertz CT molecular complexity index is 1090. The van der Waals surface area contributed by atoms with E-state index >= 15 is 0 Å². The average molecular weight is 429 g/mol. The van der Waals surface area contributed by atoms with Crippen LogP contribution in [0.5, 0.6) is 5.75 Å². The molecule has 0 radical (unpaired) electrons. The van der Waals surface area contributed by atoms with E-state index in [9.17, 15) is 18.0 Å². The van der Waals surface area contributed by atoms with Gasteiger partial charge in [0.15, 0.2) is 5.69 Å². The van der Waals surface area contributed by atoms with Gasteiger partial charge >= 0.3 is 6.18 Å². The molecule has 0 spiro atoms. The highest BCUT2D eigenvalue weighted by molar-refractivity contribution is 5.95. The van der Waals surface area contributed by atoms with E-state index in [4.69, 9.17) is 4.74 Å². The summed E-state index contributed by atoms with van der Waals surface area (Å²) in [6.45, 7) is 2.06. The number of benzene rings is 2. The summed E-state index contributed by atoms with van der Waals surface area (Å²) in [6, 6.07) is 12.3. The fourth-order valence-electron chi connectivity index (χ4n) is 3.74. The first-order valence-corrected chi connectivity index (χ1v) is 10.1. The summed E-state index contributed by atoms with van der Waals surface area (Å²) in [6.07, 6.45) is -0.570. The third kappa shape index (κ3) is 4.57. The number of ether oxygens (including phenoxy) is 1. The molecule has 0 bridgehead atoms. The number of carbonyl (C=O) groups is 1. The molecule has 0 aliphatic heterocycles. The normalized spacial score (nSPS) is 13.2. The lowest BCUT2D eigenvalue weighted by Crippen LogP contribution is -2.30. The van der Waals surface area contributed by atoms with Gasteiger partial charge in [0.25, 0.3) is 5.91 Å². The number of aromatic nitrogens is 2. The van der Waals surface area contributed by atoms with Crippen molar-refractivity contribution < 1.29 is 22.7 Å². The molecule has 0 fully saturated rings. The number of nitrogens with one attached hydrogen (secondary N) is 1. The average Bonchev–Trinajstić information content (AvgIpc) is 3.38. The zero-order chi connectivity index (χ0) is 22.0. The molecule has 0 saturated heterocycles. The number of hydrogen-bond acceptors (Lipinski definition) is 3. The van der Waals surface area contributed by atoms with Gasteiger partial charge in [0.2, 0.25) is 0 Å². The number of alkyl halides is 3. The number of nitrogens with zero attached hydrogens (tertiary/aromatic N) is 2. The Hall–Kier alpha value is -3.29. The fraction of sp³-hybridized carbons (Fsp3) is 0.304. The molecule has 0 unspecified atom stereocenters. The number of halogens is 3. The van der Waals surface area contributed by atoms with E-state index in [1.807, 2.05) is 25.1 Å². The van der Waals surface area contributed by atoms with Crippen LogP contribution in [0, 0.1) is 6.92 Å². The second kappa shape index (κ2) is 8.45. The number of carbonyl (C=O) groups excluding carboxylic acids is 1. The van der Waals surface area contributed by atoms with Crippen LogP contribution in [0.25, 0.3) is 5.69 Å². The fourth-order valence-corrected chi connectivity index (χ4v) is 3.74. The van der Waals surface area contributed by atoms with Crippen LogP contribution in [0.1, 0.15) is 39.2 Å². The maximum Gasteiger partial charge on any atom is 0.434 e. The van der Waals surface area contributed by atoms with E-state index in [0.717, 1.165) is 35.7 Å². The first-order valence-electron chi connectivity index (χ1n) is 10.1. The van der Waals surface area contributed by atoms with Crippen molar-refractivity contribution >= 4 is 5.91 Å². The topological polar surface area (TPSA) is 56.2 Å². The summed E-state index contributed by atoms with van der Waals surface area (Å²) in [5, 5.41) is 6.31. The van der Waals surface area contributed by atoms with E-state index in [2.05, 4.69) is 10.4 Å². The summed E-state index contributed by atoms with van der Waals surface area (Å²) in [4.78, 5) is 12.5. The third-order valence-corrected chi connectivity index (χ3v) is 5.29. The second-order valence-electron chi connectivity index (χ2n) is 7.54. The lowest BCUT2D eigenvalue weighted by Gasteiger charge is -2.13. The summed E-state index contributed by atoms with van der Waals surface area (Å²) in [5.74, 6) is -0.152. The van der Waals surface area contributed by atoms with Gasteiger partial charge in [-0.15, -0.1) is 0 Å². The maximum absolute atomic E-state index is 13.7. The van der Waals surface area contributed by atoms with Crippen molar-refractivity contribution in [3.05, 3.63) is 76.6 Å². The molecule has 162 valence electrons. The van der Waals surface area contributed by atoms with Crippen LogP contribution >= 0.6 is 0 Å². The van der Waals surface area contributed by atoms with Gasteiger partial charge < -0.3 is 10.1 Å². The molecule has 1 aliphatic carbocycles. The summed E-state index contributed by atoms with van der Waals surface area (Å²) in [5.41, 5.74) is 2.10. The molecule has 1 N–H and O–H groups in total. The Balaban J connectivity index is 1.42. The SMILES string of the molecule is Cc1ccc(-n2ncc(C(=O)NCCOc3ccc4c(c3)CCC4)c2C(F)(F)F)cc1. The van der Waals surface area contributed by atoms with Crippen LogP contribution in [-0.2, 0) is 19.0 Å². The molecule has 0 saturated carbocycles. The van der Waals surface area contributed by atoms with Crippen LogP contribution in [0.4, 0.5) is 13.2 Å². The standard InChI is InChI=1S/C23H22F3N3O2/c1-15-5-8-18(9-6-15)29-21(23(24,25)26)20(14-28-29)22(30)27-11-12-31-19-10-7-16-3-2-4-17(16)13-19/h5-10,13-14H,2-4,11-12H2,1H3,(H,27,30). The molecular weight excluding hydrogens is 407 g/mol. The predicted octanol–water partition coefficient (Wildman–Crippen LogP) is 4.50. The van der Waals surface area contributed by atoms with Crippen molar-refractivity contribution in [2.45, 2.75) is 32.4 Å². The zero-order valence-corrected chi connectivity index (χ0v) is 17.0. The predicted molar refractivity (Wildman–Crippen MR) is 110 cm³/mol. The quantitative estimate of drug-likeness (QED) is 0.587. The minimum Gasteiger partial charge on any atom is -0.492 e. The molecule has 8 heteroatoms. The summed E-state index contributed by atoms with van der Waals surface area (Å²) >= 11 is 0. The van der Waals surface area contributed by atoms with E-state index in [1.54, 1.807) is 12.1 Å². The minimum atomic E-state index is -4.74. The van der Waals surface area contributed by atoms with Gasteiger partial charge in [-0.1, -0.05) is 23.8 Å². The molecular formula is C23H22F3N3O2. The number of fused-ring (bicyclic) bond motifs is 1. The molecule has 1 heterocycles. The number of hydrogen-bond donors (Lipinski definition) is 1. The third-order valence-electron chi connectivity index (χ3n) is 5.29. The van der Waals surface area contributed by atoms with Crippen LogP contribution in [0.3, 0.4) is 0 Å². The zero-order valence-electron chi connectivity index (χ0n) is 17.0. The van der Waals surface area contributed by atoms with E-state index in [0.29, 0.717) is 5.75 Å². The monoisotopic (exact) mass is 429 g/mol. The van der Waals surface area contributed by atoms with Gasteiger partial charge in [-0.05, 0) is 61.6 Å². The Morgan fingerprint density at radius 1 is 1.13 bits per heavy atom. The van der Waals surface area contributed by atoms with Crippen LogP contribution in [0.2, 0.25) is 0 Å². The summed E-state index contributed by atoms with van der Waals surface area (Å²) in [7, 11) is 0. The van der Waals surface area contributed by atoms with Gasteiger partial charge in [-0.25, -0.2) is 4.68 Å². The van der Waals surface area contributed by atoms with Gasteiger partial charge in [-0.2, -0.15) is 18.3 Å². The molecule has 31 heavy (non-hydrogen) atoms. The molecule has 0 atom stereocenters. The maximum atomic E-state index is 13.7. The lowest BCUT2D eigenvalue weighted by atomic mass is 10.1. The van der Waals surface area contributed by atoms with E-state index in [-0.39, 0.29) is 18.8 Å². The van der Waals surface area contributed by atoms with Gasteiger partial charge in [-0.3, -0.25) is 4.79 Å². The van der Waals surface area contributed by atoms with Crippen molar-refractivity contribution in [1.82, 2.24) is 15.1 Å². The van der Waals surface area contributed by atoms with Crippen molar-refractivity contribution in [2.75, 3.05) is 13.2 Å². The molecule has 3 aromatic rings. The molecule has 1 aromatic heterocycles. The van der Waals surface area contributed by atoms with Crippen LogP contribution < -0.4 is 10.1 Å². The highest BCUT2D eigenvalue weighted by Crippen LogP contribution is 2.33. The van der Waals surface area contributed by atoms with Gasteiger partial charge in [0.05, 0.1) is 24.0 Å². The van der Waals surface area contributed by atoms with Crippen molar-refractivity contribution in [3.63, 3.8) is 0 Å². The Morgan fingerprint density at radius 3 is 2.61 bits per heavy atom. The molecule has 5 nitrogen and oxygen atoms in total. The number of rotatable bonds is 6. The largest absolute Gasteiger partial charge is 0.492 e. The number of aryl methyl sites for hydroxylation is 3. The van der Waals surface area contributed by atoms with E-state index in [1.165, 1.54) is 23.3 Å². The Morgan fingerprint density at radius 2 is 1.87 bits per heavy atom. The number of amides is 1. The first-order chi connectivity index (χ1) is 14.8. The van der Waals surface area contributed by atoms with Gasteiger partial charge in [0.1, 0.15) is 12.4 Å². The van der Waals surface area contributed by atoms with E-state index < -0.39 is 23.3 Å². The molecule has 1 amide bonds. The van der Waals surface area contributed by atoms with Crippen molar-refractivity contribution in [1.29, 1.82) is 0 Å². The van der Waals surface area contributed by atoms with Crippen molar-refractivity contribution in [3.8, 4) is 11.4 Å². The highest BCUT2D eigenvalue weighted by Gasteiger charge is 2.40. The highest BCUT2D eigenvalue weighted by atomic mass is 19.4. The molecule has 1 aliphatic rings. The van der Waals surface area contributed by atoms with Gasteiger partial charge in [0, 0.05) is 0 Å².